The third-order valence-electron chi connectivity index (χ3n) is 5.22. The highest BCUT2D eigenvalue weighted by Gasteiger charge is 2.46. The second kappa shape index (κ2) is 9.81. The SMILES string of the molecule is CCC(CC)C(NC(C)=O)C1CC[C@H](C(=O)OC(C)(C)CSC)[C@H]1O. The zero-order chi connectivity index (χ0) is 19.2. The molecule has 0 aromatic heterocycles. The number of ether oxygens (including phenoxy) is 1. The summed E-state index contributed by atoms with van der Waals surface area (Å²) in [7, 11) is 0. The third kappa shape index (κ3) is 6.17. The van der Waals surface area contributed by atoms with Gasteiger partial charge in [0.15, 0.2) is 0 Å². The zero-order valence-electron chi connectivity index (χ0n) is 16.5. The molecule has 4 atom stereocenters. The van der Waals surface area contributed by atoms with Crippen molar-refractivity contribution in [3.05, 3.63) is 0 Å². The van der Waals surface area contributed by atoms with E-state index in [0.717, 1.165) is 19.3 Å². The summed E-state index contributed by atoms with van der Waals surface area (Å²) in [4.78, 5) is 24.2. The largest absolute Gasteiger partial charge is 0.458 e. The lowest BCUT2D eigenvalue weighted by Gasteiger charge is -2.34. The number of aliphatic hydroxyl groups excluding tert-OH is 1. The van der Waals surface area contributed by atoms with Crippen LogP contribution in [0.4, 0.5) is 0 Å². The predicted octanol–water partition coefficient (Wildman–Crippen LogP) is 3.00. The first-order chi connectivity index (χ1) is 11.7. The van der Waals surface area contributed by atoms with Crippen LogP contribution in [0.1, 0.15) is 60.3 Å². The lowest BCUT2D eigenvalue weighted by molar-refractivity contribution is -0.163. The summed E-state index contributed by atoms with van der Waals surface area (Å²) in [6.07, 6.45) is 4.40. The van der Waals surface area contributed by atoms with Crippen molar-refractivity contribution in [2.45, 2.75) is 78.0 Å². The second-order valence-electron chi connectivity index (χ2n) is 7.75. The Bertz CT molecular complexity index is 451. The van der Waals surface area contributed by atoms with E-state index in [9.17, 15) is 14.7 Å². The highest BCUT2D eigenvalue weighted by atomic mass is 32.2. The van der Waals surface area contributed by atoms with Crippen molar-refractivity contribution in [1.29, 1.82) is 0 Å². The maximum Gasteiger partial charge on any atom is 0.312 e. The zero-order valence-corrected chi connectivity index (χ0v) is 17.3. The van der Waals surface area contributed by atoms with Crippen molar-refractivity contribution in [3.8, 4) is 0 Å². The molecule has 0 aliphatic heterocycles. The van der Waals surface area contributed by atoms with Crippen LogP contribution in [-0.4, -0.2) is 46.7 Å². The van der Waals surface area contributed by atoms with Crippen LogP contribution in [0.2, 0.25) is 0 Å². The minimum Gasteiger partial charge on any atom is -0.458 e. The van der Waals surface area contributed by atoms with Crippen molar-refractivity contribution in [2.75, 3.05) is 12.0 Å². The molecule has 1 rings (SSSR count). The predicted molar refractivity (Wildman–Crippen MR) is 102 cm³/mol. The molecule has 2 N–H and O–H groups in total. The molecule has 1 aliphatic carbocycles. The standard InChI is InChI=1S/C19H35NO4S/c1-7-13(8-2)16(20-12(3)21)14-9-10-15(17(14)22)18(23)24-19(4,5)11-25-6/h13-17,22H,7-11H2,1-6H3,(H,20,21)/t14?,15-,16?,17-/m0/s1. The molecule has 0 aromatic carbocycles. The van der Waals surface area contributed by atoms with Gasteiger partial charge in [-0.05, 0) is 38.9 Å². The van der Waals surface area contributed by atoms with Crippen molar-refractivity contribution in [3.63, 3.8) is 0 Å². The molecule has 0 saturated heterocycles. The molecule has 1 aliphatic rings. The van der Waals surface area contributed by atoms with Gasteiger partial charge in [0.25, 0.3) is 0 Å². The molecule has 0 radical (unpaired) electrons. The van der Waals surface area contributed by atoms with Crippen molar-refractivity contribution >= 4 is 23.6 Å². The summed E-state index contributed by atoms with van der Waals surface area (Å²) in [6.45, 7) is 9.49. The van der Waals surface area contributed by atoms with E-state index in [0.29, 0.717) is 18.1 Å². The van der Waals surface area contributed by atoms with E-state index < -0.39 is 17.6 Å². The molecule has 0 bridgehead atoms. The van der Waals surface area contributed by atoms with E-state index in [4.69, 9.17) is 4.74 Å². The van der Waals surface area contributed by atoms with Gasteiger partial charge >= 0.3 is 5.97 Å². The average molecular weight is 374 g/mol. The fraction of sp³-hybridized carbons (Fsp3) is 0.895. The number of carbonyl (C=O) groups excluding carboxylic acids is 2. The summed E-state index contributed by atoms with van der Waals surface area (Å²) in [5.41, 5.74) is -0.541. The summed E-state index contributed by atoms with van der Waals surface area (Å²) >= 11 is 1.63. The minimum atomic E-state index is -0.768. The molecule has 146 valence electrons. The summed E-state index contributed by atoms with van der Waals surface area (Å²) in [5.74, 6) is 0.00202. The number of nitrogens with one attached hydrogen (secondary N) is 1. The van der Waals surface area contributed by atoms with Crippen molar-refractivity contribution < 1.29 is 19.4 Å². The van der Waals surface area contributed by atoms with Gasteiger partial charge in [0, 0.05) is 24.6 Å². The van der Waals surface area contributed by atoms with Gasteiger partial charge < -0.3 is 15.2 Å². The monoisotopic (exact) mass is 373 g/mol. The molecule has 1 saturated carbocycles. The Balaban J connectivity index is 2.85. The van der Waals surface area contributed by atoms with Crippen molar-refractivity contribution in [2.24, 2.45) is 17.8 Å². The van der Waals surface area contributed by atoms with Gasteiger partial charge in [-0.2, -0.15) is 11.8 Å². The van der Waals surface area contributed by atoms with Gasteiger partial charge in [-0.1, -0.05) is 26.7 Å². The smallest absolute Gasteiger partial charge is 0.312 e. The summed E-state index contributed by atoms with van der Waals surface area (Å²) < 4.78 is 5.65. The molecule has 0 aromatic rings. The number of amides is 1. The molecule has 0 spiro atoms. The first-order valence-electron chi connectivity index (χ1n) is 9.33. The van der Waals surface area contributed by atoms with Crippen LogP contribution in [0.3, 0.4) is 0 Å². The number of thioether (sulfide) groups is 1. The van der Waals surface area contributed by atoms with Gasteiger partial charge in [0.1, 0.15) is 5.60 Å². The van der Waals surface area contributed by atoms with Crippen LogP contribution in [0.5, 0.6) is 0 Å². The Morgan fingerprint density at radius 2 is 1.88 bits per heavy atom. The number of carbonyl (C=O) groups is 2. The van der Waals surface area contributed by atoms with Gasteiger partial charge in [-0.25, -0.2) is 0 Å². The minimum absolute atomic E-state index is 0.0868. The van der Waals surface area contributed by atoms with Gasteiger partial charge in [0.2, 0.25) is 5.91 Å². The number of aliphatic hydroxyl groups is 1. The van der Waals surface area contributed by atoms with Crippen LogP contribution in [-0.2, 0) is 14.3 Å². The lowest BCUT2D eigenvalue weighted by atomic mass is 9.82. The third-order valence-corrected chi connectivity index (χ3v) is 6.21. The second-order valence-corrected chi connectivity index (χ2v) is 8.62. The number of hydrogen-bond donors (Lipinski definition) is 2. The Hall–Kier alpha value is -0.750. The Morgan fingerprint density at radius 1 is 1.28 bits per heavy atom. The Kier molecular flexibility index (Phi) is 8.75. The van der Waals surface area contributed by atoms with Crippen LogP contribution in [0, 0.1) is 17.8 Å². The van der Waals surface area contributed by atoms with E-state index >= 15 is 0 Å². The molecular formula is C19H35NO4S. The van der Waals surface area contributed by atoms with Gasteiger partial charge in [-0.3, -0.25) is 9.59 Å². The normalized spacial score (nSPS) is 25.0. The van der Waals surface area contributed by atoms with Crippen LogP contribution in [0.25, 0.3) is 0 Å². The quantitative estimate of drug-likeness (QED) is 0.608. The number of esters is 1. The van der Waals surface area contributed by atoms with Gasteiger partial charge in [0.05, 0.1) is 12.0 Å². The molecule has 5 nitrogen and oxygen atoms in total. The first-order valence-corrected chi connectivity index (χ1v) is 10.7. The molecular weight excluding hydrogens is 338 g/mol. The van der Waals surface area contributed by atoms with E-state index in [1.165, 1.54) is 6.92 Å². The average Bonchev–Trinajstić information content (AvgIpc) is 2.88. The maximum atomic E-state index is 12.6. The first kappa shape index (κ1) is 22.3. The van der Waals surface area contributed by atoms with Gasteiger partial charge in [-0.15, -0.1) is 0 Å². The lowest BCUT2D eigenvalue weighted by Crippen LogP contribution is -2.48. The maximum absolute atomic E-state index is 12.6. The molecule has 2 unspecified atom stereocenters. The molecule has 6 heteroatoms. The Labute approximate surface area is 156 Å². The topological polar surface area (TPSA) is 75.6 Å². The molecule has 1 amide bonds. The highest BCUT2D eigenvalue weighted by Crippen LogP contribution is 2.38. The number of hydrogen-bond acceptors (Lipinski definition) is 5. The van der Waals surface area contributed by atoms with Crippen LogP contribution < -0.4 is 5.32 Å². The van der Waals surface area contributed by atoms with E-state index in [1.54, 1.807) is 11.8 Å². The molecule has 25 heavy (non-hydrogen) atoms. The Morgan fingerprint density at radius 3 is 2.36 bits per heavy atom. The van der Waals surface area contributed by atoms with E-state index in [1.807, 2.05) is 20.1 Å². The van der Waals surface area contributed by atoms with Crippen LogP contribution in [0.15, 0.2) is 0 Å². The van der Waals surface area contributed by atoms with Crippen molar-refractivity contribution in [1.82, 2.24) is 5.32 Å². The fourth-order valence-electron chi connectivity index (χ4n) is 3.99. The van der Waals surface area contributed by atoms with E-state index in [2.05, 4.69) is 19.2 Å². The fourth-order valence-corrected chi connectivity index (χ4v) is 4.75. The van der Waals surface area contributed by atoms with Crippen LogP contribution >= 0.6 is 11.8 Å². The molecule has 0 heterocycles. The molecule has 1 fully saturated rings. The number of rotatable bonds is 9. The van der Waals surface area contributed by atoms with E-state index in [-0.39, 0.29) is 23.8 Å². The summed E-state index contributed by atoms with van der Waals surface area (Å²) in [6, 6.07) is -0.0977. The highest BCUT2D eigenvalue weighted by molar-refractivity contribution is 7.98. The summed E-state index contributed by atoms with van der Waals surface area (Å²) in [5, 5.41) is 13.8.